The van der Waals surface area contributed by atoms with Gasteiger partial charge in [-0.3, -0.25) is 9.69 Å². The molecule has 1 aliphatic rings. The molecule has 2 aromatic carbocycles. The van der Waals surface area contributed by atoms with E-state index in [2.05, 4.69) is 11.8 Å². The van der Waals surface area contributed by atoms with Crippen molar-refractivity contribution in [2.45, 2.75) is 52.6 Å². The van der Waals surface area contributed by atoms with Crippen molar-refractivity contribution in [2.75, 3.05) is 13.2 Å². The molecule has 1 N–H and O–H groups in total. The van der Waals surface area contributed by atoms with Gasteiger partial charge in [-0.2, -0.15) is 0 Å². The molecule has 7 heteroatoms. The lowest BCUT2D eigenvalue weighted by Crippen LogP contribution is -2.36. The maximum atomic E-state index is 13.3. The van der Waals surface area contributed by atoms with Gasteiger partial charge in [0.05, 0.1) is 23.1 Å². The van der Waals surface area contributed by atoms with Crippen LogP contribution in [0, 0.1) is 6.92 Å². The standard InChI is InChI=1S/C26H29NO6/c1-4-31-26(30)18-8-10-19(11-9-18)33-24-17(3)32-25-20(23(24)29)12-13-22(28)21(25)15-27-14-6-5-7-16(27)2/h8-13,16,28H,4-7,14-15H2,1-3H3/t16-/m0/s1. The molecule has 1 saturated heterocycles. The Balaban J connectivity index is 1.66. The monoisotopic (exact) mass is 451 g/mol. The first kappa shape index (κ1) is 22.9. The normalized spacial score (nSPS) is 16.6. The lowest BCUT2D eigenvalue weighted by Gasteiger charge is -2.33. The molecule has 7 nitrogen and oxygen atoms in total. The molecule has 4 rings (SSSR count). The molecule has 2 heterocycles. The quantitative estimate of drug-likeness (QED) is 0.518. The van der Waals surface area contributed by atoms with E-state index in [0.29, 0.717) is 52.8 Å². The molecular formula is C26H29NO6. The van der Waals surface area contributed by atoms with Crippen LogP contribution in [0.2, 0.25) is 0 Å². The van der Waals surface area contributed by atoms with Crippen molar-refractivity contribution in [3.05, 3.63) is 63.5 Å². The number of likely N-dealkylation sites (tertiary alicyclic amines) is 1. The summed E-state index contributed by atoms with van der Waals surface area (Å²) in [6.07, 6.45) is 3.43. The number of fused-ring (bicyclic) bond motifs is 1. The number of hydrogen-bond donors (Lipinski definition) is 1. The molecule has 0 spiro atoms. The van der Waals surface area contributed by atoms with Crippen LogP contribution in [0.4, 0.5) is 0 Å². The number of esters is 1. The summed E-state index contributed by atoms with van der Waals surface area (Å²) in [5, 5.41) is 10.9. The summed E-state index contributed by atoms with van der Waals surface area (Å²) in [6, 6.07) is 9.89. The predicted molar refractivity (Wildman–Crippen MR) is 125 cm³/mol. The number of phenolic OH excluding ortho intramolecular Hbond substituents is 1. The van der Waals surface area contributed by atoms with E-state index >= 15 is 0 Å². The number of phenols is 1. The fraction of sp³-hybridized carbons (Fsp3) is 0.385. The van der Waals surface area contributed by atoms with Crippen LogP contribution in [0.3, 0.4) is 0 Å². The zero-order valence-electron chi connectivity index (χ0n) is 19.2. The van der Waals surface area contributed by atoms with Gasteiger partial charge in [-0.1, -0.05) is 6.42 Å². The van der Waals surface area contributed by atoms with Gasteiger partial charge in [-0.15, -0.1) is 0 Å². The maximum Gasteiger partial charge on any atom is 0.338 e. The van der Waals surface area contributed by atoms with Crippen LogP contribution in [-0.2, 0) is 11.3 Å². The summed E-state index contributed by atoms with van der Waals surface area (Å²) in [5.74, 6) is 0.501. The fourth-order valence-corrected chi connectivity index (χ4v) is 4.25. The van der Waals surface area contributed by atoms with Gasteiger partial charge in [0.2, 0.25) is 11.2 Å². The Kier molecular flexibility index (Phi) is 6.70. The highest BCUT2D eigenvalue weighted by molar-refractivity contribution is 5.89. The summed E-state index contributed by atoms with van der Waals surface area (Å²) in [4.78, 5) is 27.4. The van der Waals surface area contributed by atoms with Gasteiger partial charge in [0.25, 0.3) is 0 Å². The molecule has 1 fully saturated rings. The minimum atomic E-state index is -0.416. The van der Waals surface area contributed by atoms with Crippen molar-refractivity contribution in [3.8, 4) is 17.2 Å². The summed E-state index contributed by atoms with van der Waals surface area (Å²) < 4.78 is 16.9. The maximum absolute atomic E-state index is 13.3. The van der Waals surface area contributed by atoms with Gasteiger partial charge >= 0.3 is 5.97 Å². The summed E-state index contributed by atoms with van der Waals surface area (Å²) in [6.45, 7) is 7.35. The smallest absolute Gasteiger partial charge is 0.338 e. The number of hydrogen-bond acceptors (Lipinski definition) is 7. The lowest BCUT2D eigenvalue weighted by molar-refractivity contribution is 0.0526. The summed E-state index contributed by atoms with van der Waals surface area (Å²) >= 11 is 0. The van der Waals surface area contributed by atoms with Crippen molar-refractivity contribution >= 4 is 16.9 Å². The highest BCUT2D eigenvalue weighted by Crippen LogP contribution is 2.33. The number of piperidine rings is 1. The van der Waals surface area contributed by atoms with Gasteiger partial charge in [0.1, 0.15) is 22.8 Å². The number of benzene rings is 2. The minimum Gasteiger partial charge on any atom is -0.507 e. The number of ether oxygens (including phenoxy) is 2. The Morgan fingerprint density at radius 1 is 1.18 bits per heavy atom. The number of carbonyl (C=O) groups is 1. The molecular weight excluding hydrogens is 422 g/mol. The van der Waals surface area contributed by atoms with Crippen LogP contribution in [-0.4, -0.2) is 35.2 Å². The SMILES string of the molecule is CCOC(=O)c1ccc(Oc2c(C)oc3c(CN4CCCC[C@@H]4C)c(O)ccc3c2=O)cc1. The van der Waals surface area contributed by atoms with Crippen molar-refractivity contribution in [3.63, 3.8) is 0 Å². The van der Waals surface area contributed by atoms with Crippen molar-refractivity contribution in [2.24, 2.45) is 0 Å². The van der Waals surface area contributed by atoms with E-state index in [4.69, 9.17) is 13.9 Å². The number of aryl methyl sites for hydroxylation is 1. The fourth-order valence-electron chi connectivity index (χ4n) is 4.25. The van der Waals surface area contributed by atoms with Gasteiger partial charge in [0, 0.05) is 12.6 Å². The van der Waals surface area contributed by atoms with E-state index < -0.39 is 5.97 Å². The molecule has 1 aliphatic heterocycles. The molecule has 1 aromatic heterocycles. The second-order valence-electron chi connectivity index (χ2n) is 8.42. The first-order chi connectivity index (χ1) is 15.9. The molecule has 1 atom stereocenters. The number of rotatable bonds is 6. The Labute approximate surface area is 192 Å². The summed E-state index contributed by atoms with van der Waals surface area (Å²) in [5.41, 5.74) is 1.10. The van der Waals surface area contributed by atoms with Crippen molar-refractivity contribution in [1.29, 1.82) is 0 Å². The van der Waals surface area contributed by atoms with E-state index in [1.807, 2.05) is 0 Å². The van der Waals surface area contributed by atoms with Crippen LogP contribution in [0.5, 0.6) is 17.2 Å². The molecule has 0 radical (unpaired) electrons. The third-order valence-corrected chi connectivity index (χ3v) is 6.15. The first-order valence-electron chi connectivity index (χ1n) is 11.4. The second-order valence-corrected chi connectivity index (χ2v) is 8.42. The Bertz CT molecular complexity index is 1210. The van der Waals surface area contributed by atoms with Gasteiger partial charge in [0.15, 0.2) is 0 Å². The number of aromatic hydroxyl groups is 1. The predicted octanol–water partition coefficient (Wildman–Crippen LogP) is 5.15. The van der Waals surface area contributed by atoms with Crippen LogP contribution >= 0.6 is 0 Å². The summed E-state index contributed by atoms with van der Waals surface area (Å²) in [7, 11) is 0. The zero-order valence-corrected chi connectivity index (χ0v) is 19.2. The lowest BCUT2D eigenvalue weighted by atomic mass is 10.0. The number of nitrogens with zero attached hydrogens (tertiary/aromatic N) is 1. The van der Waals surface area contributed by atoms with Crippen molar-refractivity contribution < 1.29 is 23.8 Å². The molecule has 0 aliphatic carbocycles. The molecule has 174 valence electrons. The third kappa shape index (κ3) is 4.73. The average molecular weight is 452 g/mol. The van der Waals surface area contributed by atoms with Crippen LogP contribution < -0.4 is 10.2 Å². The Hall–Kier alpha value is -3.32. The van der Waals surface area contributed by atoms with E-state index in [1.165, 1.54) is 12.5 Å². The van der Waals surface area contributed by atoms with E-state index in [-0.39, 0.29) is 16.9 Å². The topological polar surface area (TPSA) is 89.2 Å². The molecule has 0 unspecified atom stereocenters. The van der Waals surface area contributed by atoms with Gasteiger partial charge in [-0.25, -0.2) is 4.79 Å². The second kappa shape index (κ2) is 9.67. The highest BCUT2D eigenvalue weighted by atomic mass is 16.5. The van der Waals surface area contributed by atoms with Gasteiger partial charge in [-0.05, 0) is 76.6 Å². The molecule has 0 bridgehead atoms. The highest BCUT2D eigenvalue weighted by Gasteiger charge is 2.23. The van der Waals surface area contributed by atoms with Gasteiger partial charge < -0.3 is 19.0 Å². The molecule has 0 amide bonds. The Morgan fingerprint density at radius 3 is 2.64 bits per heavy atom. The molecule has 0 saturated carbocycles. The van der Waals surface area contributed by atoms with Crippen LogP contribution in [0.1, 0.15) is 54.8 Å². The van der Waals surface area contributed by atoms with Crippen LogP contribution in [0.15, 0.2) is 45.6 Å². The van der Waals surface area contributed by atoms with Crippen molar-refractivity contribution in [1.82, 2.24) is 4.90 Å². The third-order valence-electron chi connectivity index (χ3n) is 6.15. The number of carbonyl (C=O) groups excluding carboxylic acids is 1. The van der Waals surface area contributed by atoms with Crippen LogP contribution in [0.25, 0.3) is 11.0 Å². The van der Waals surface area contributed by atoms with E-state index in [0.717, 1.165) is 19.4 Å². The zero-order chi connectivity index (χ0) is 23.5. The average Bonchev–Trinajstić information content (AvgIpc) is 2.80. The molecule has 3 aromatic rings. The first-order valence-corrected chi connectivity index (χ1v) is 11.4. The van der Waals surface area contributed by atoms with E-state index in [1.54, 1.807) is 44.2 Å². The van der Waals surface area contributed by atoms with E-state index in [9.17, 15) is 14.7 Å². The minimum absolute atomic E-state index is 0.0781. The largest absolute Gasteiger partial charge is 0.507 e. The molecule has 33 heavy (non-hydrogen) atoms. The Morgan fingerprint density at radius 2 is 1.94 bits per heavy atom.